The second-order valence-electron chi connectivity index (χ2n) is 5.19. The summed E-state index contributed by atoms with van der Waals surface area (Å²) in [6, 6.07) is 9.89. The van der Waals surface area contributed by atoms with Crippen molar-refractivity contribution in [3.05, 3.63) is 53.9 Å². The highest BCUT2D eigenvalue weighted by Crippen LogP contribution is 2.34. The zero-order chi connectivity index (χ0) is 13.9. The van der Waals surface area contributed by atoms with Gasteiger partial charge in [-0.1, -0.05) is 25.1 Å². The molecule has 0 saturated carbocycles. The van der Waals surface area contributed by atoms with Crippen molar-refractivity contribution >= 4 is 11.6 Å². The molecule has 1 atom stereocenters. The Morgan fingerprint density at radius 2 is 2.10 bits per heavy atom. The molecule has 0 radical (unpaired) electrons. The maximum absolute atomic E-state index is 12.7. The van der Waals surface area contributed by atoms with Gasteiger partial charge in [-0.3, -0.25) is 4.79 Å². The van der Waals surface area contributed by atoms with E-state index in [2.05, 4.69) is 23.2 Å². The molecule has 1 aromatic carbocycles. The van der Waals surface area contributed by atoms with E-state index in [1.54, 1.807) is 12.3 Å². The molecule has 0 aliphatic carbocycles. The molecular weight excluding hydrogens is 250 g/mol. The topological polar surface area (TPSA) is 46.1 Å². The van der Waals surface area contributed by atoms with Gasteiger partial charge in [0.25, 0.3) is 5.91 Å². The van der Waals surface area contributed by atoms with Gasteiger partial charge in [0.1, 0.15) is 0 Å². The van der Waals surface area contributed by atoms with Crippen LogP contribution >= 0.6 is 0 Å². The van der Waals surface area contributed by atoms with Crippen molar-refractivity contribution in [3.63, 3.8) is 0 Å². The van der Waals surface area contributed by atoms with Crippen LogP contribution in [0, 0.1) is 0 Å². The Morgan fingerprint density at radius 3 is 2.90 bits per heavy atom. The Balaban J connectivity index is 2.01. The first-order chi connectivity index (χ1) is 9.77. The lowest BCUT2D eigenvalue weighted by Gasteiger charge is -2.23. The minimum absolute atomic E-state index is 0.00134. The Bertz CT molecular complexity index is 612. The first kappa shape index (κ1) is 12.8. The smallest absolute Gasteiger partial charge is 0.259 e. The zero-order valence-corrected chi connectivity index (χ0v) is 11.5. The second-order valence-corrected chi connectivity index (χ2v) is 5.19. The molecule has 0 spiro atoms. The molecule has 20 heavy (non-hydrogen) atoms. The highest BCUT2D eigenvalue weighted by molar-refractivity contribution is 6.06. The largest absolute Gasteiger partial charge is 0.308 e. The molecule has 4 nitrogen and oxygen atoms in total. The summed E-state index contributed by atoms with van der Waals surface area (Å²) >= 11 is 0. The molecule has 1 aliphatic heterocycles. The predicted octanol–water partition coefficient (Wildman–Crippen LogP) is 3.02. The molecule has 4 heteroatoms. The van der Waals surface area contributed by atoms with E-state index in [1.807, 2.05) is 23.1 Å². The van der Waals surface area contributed by atoms with Crippen molar-refractivity contribution in [3.8, 4) is 0 Å². The van der Waals surface area contributed by atoms with Crippen LogP contribution in [0.3, 0.4) is 0 Å². The lowest BCUT2D eigenvalue weighted by Crippen LogP contribution is -2.31. The van der Waals surface area contributed by atoms with E-state index in [0.29, 0.717) is 11.5 Å². The maximum Gasteiger partial charge on any atom is 0.259 e. The number of hydrogen-bond donors (Lipinski definition) is 0. The number of hydrogen-bond acceptors (Lipinski definition) is 3. The standard InChI is InChI=1S/C16H17N3O/c1-12-5-4-10-19(15-7-3-2-6-14(12)15)16(20)13-8-9-17-18-11-13/h2-3,6-9,11-12H,4-5,10H2,1H3/t12-/m0/s1. The van der Waals surface area contributed by atoms with Crippen molar-refractivity contribution in [1.82, 2.24) is 10.2 Å². The van der Waals surface area contributed by atoms with Crippen molar-refractivity contribution in [2.24, 2.45) is 0 Å². The summed E-state index contributed by atoms with van der Waals surface area (Å²) in [5, 5.41) is 7.52. The summed E-state index contributed by atoms with van der Waals surface area (Å²) in [6.45, 7) is 2.98. The number of anilines is 1. The number of carbonyl (C=O) groups is 1. The lowest BCUT2D eigenvalue weighted by molar-refractivity contribution is 0.0986. The molecule has 0 unspecified atom stereocenters. The minimum Gasteiger partial charge on any atom is -0.308 e. The zero-order valence-electron chi connectivity index (χ0n) is 11.5. The van der Waals surface area contributed by atoms with E-state index in [-0.39, 0.29) is 5.91 Å². The van der Waals surface area contributed by atoms with Crippen LogP contribution in [-0.4, -0.2) is 22.6 Å². The highest BCUT2D eigenvalue weighted by Gasteiger charge is 2.24. The van der Waals surface area contributed by atoms with E-state index >= 15 is 0 Å². The van der Waals surface area contributed by atoms with Crippen LogP contribution in [-0.2, 0) is 0 Å². The van der Waals surface area contributed by atoms with Gasteiger partial charge in [-0.15, -0.1) is 0 Å². The minimum atomic E-state index is 0.00134. The van der Waals surface area contributed by atoms with Gasteiger partial charge >= 0.3 is 0 Å². The van der Waals surface area contributed by atoms with Crippen LogP contribution in [0.5, 0.6) is 0 Å². The monoisotopic (exact) mass is 267 g/mol. The first-order valence-corrected chi connectivity index (χ1v) is 6.95. The molecule has 0 saturated heterocycles. The fourth-order valence-corrected chi connectivity index (χ4v) is 2.77. The fourth-order valence-electron chi connectivity index (χ4n) is 2.77. The molecule has 2 heterocycles. The van der Waals surface area contributed by atoms with Crippen molar-refractivity contribution in [1.29, 1.82) is 0 Å². The number of para-hydroxylation sites is 1. The lowest BCUT2D eigenvalue weighted by atomic mass is 9.96. The van der Waals surface area contributed by atoms with E-state index in [1.165, 1.54) is 11.8 Å². The van der Waals surface area contributed by atoms with Crippen LogP contribution in [0.15, 0.2) is 42.7 Å². The molecule has 1 amide bonds. The molecule has 0 fully saturated rings. The van der Waals surface area contributed by atoms with Gasteiger partial charge in [0, 0.05) is 12.2 Å². The Hall–Kier alpha value is -2.23. The Kier molecular flexibility index (Phi) is 3.46. The molecule has 102 valence electrons. The molecule has 0 N–H and O–H groups in total. The predicted molar refractivity (Wildman–Crippen MR) is 77.8 cm³/mol. The maximum atomic E-state index is 12.7. The third-order valence-corrected chi connectivity index (χ3v) is 3.85. The number of aromatic nitrogens is 2. The number of benzene rings is 1. The quantitative estimate of drug-likeness (QED) is 0.798. The van der Waals surface area contributed by atoms with Gasteiger partial charge in [-0.2, -0.15) is 10.2 Å². The number of nitrogens with zero attached hydrogens (tertiary/aromatic N) is 3. The average molecular weight is 267 g/mol. The van der Waals surface area contributed by atoms with Crippen molar-refractivity contribution < 1.29 is 4.79 Å². The molecule has 2 aromatic rings. The van der Waals surface area contributed by atoms with Crippen molar-refractivity contribution in [2.75, 3.05) is 11.4 Å². The van der Waals surface area contributed by atoms with E-state index in [9.17, 15) is 4.79 Å². The summed E-state index contributed by atoms with van der Waals surface area (Å²) < 4.78 is 0. The molecule has 1 aliphatic rings. The summed E-state index contributed by atoms with van der Waals surface area (Å²) in [4.78, 5) is 14.6. The van der Waals surface area contributed by atoms with E-state index in [4.69, 9.17) is 0 Å². The average Bonchev–Trinajstić information content (AvgIpc) is 2.67. The van der Waals surface area contributed by atoms with Gasteiger partial charge in [-0.05, 0) is 36.5 Å². The van der Waals surface area contributed by atoms with Crippen LogP contribution in [0.1, 0.15) is 41.6 Å². The number of carbonyl (C=O) groups excluding carboxylic acids is 1. The van der Waals surface area contributed by atoms with Crippen LogP contribution in [0.4, 0.5) is 5.69 Å². The molecule has 0 bridgehead atoms. The van der Waals surface area contributed by atoms with Crippen LogP contribution in [0.25, 0.3) is 0 Å². The van der Waals surface area contributed by atoms with Gasteiger partial charge in [0.2, 0.25) is 0 Å². The van der Waals surface area contributed by atoms with Gasteiger partial charge in [-0.25, -0.2) is 0 Å². The fraction of sp³-hybridized carbons (Fsp3) is 0.312. The SMILES string of the molecule is C[C@H]1CCCN(C(=O)c2ccnnc2)c2ccccc21. The van der Waals surface area contributed by atoms with Gasteiger partial charge in [0.15, 0.2) is 0 Å². The molecule has 1 aromatic heterocycles. The first-order valence-electron chi connectivity index (χ1n) is 6.95. The summed E-state index contributed by atoms with van der Waals surface area (Å²) in [5.74, 6) is 0.487. The Labute approximate surface area is 118 Å². The normalized spacial score (nSPS) is 18.2. The summed E-state index contributed by atoms with van der Waals surface area (Å²) in [6.07, 6.45) is 5.20. The van der Waals surface area contributed by atoms with E-state index in [0.717, 1.165) is 25.1 Å². The third-order valence-electron chi connectivity index (χ3n) is 3.85. The molecule has 3 rings (SSSR count). The number of rotatable bonds is 1. The van der Waals surface area contributed by atoms with E-state index < -0.39 is 0 Å². The molecular formula is C16H17N3O. The highest BCUT2D eigenvalue weighted by atomic mass is 16.2. The van der Waals surface area contributed by atoms with Gasteiger partial charge < -0.3 is 4.90 Å². The second kappa shape index (κ2) is 5.41. The van der Waals surface area contributed by atoms with Crippen LogP contribution < -0.4 is 4.90 Å². The van der Waals surface area contributed by atoms with Gasteiger partial charge in [0.05, 0.1) is 18.0 Å². The van der Waals surface area contributed by atoms with Crippen molar-refractivity contribution in [2.45, 2.75) is 25.7 Å². The Morgan fingerprint density at radius 1 is 1.25 bits per heavy atom. The van der Waals surface area contributed by atoms with Crippen LogP contribution in [0.2, 0.25) is 0 Å². The number of amides is 1. The summed E-state index contributed by atoms with van der Waals surface area (Å²) in [7, 11) is 0. The summed E-state index contributed by atoms with van der Waals surface area (Å²) in [5.41, 5.74) is 2.86. The third kappa shape index (κ3) is 2.29. The number of fused-ring (bicyclic) bond motifs is 1.